The van der Waals surface area contributed by atoms with Gasteiger partial charge in [0.25, 0.3) is 0 Å². The molecule has 0 amide bonds. The van der Waals surface area contributed by atoms with E-state index in [4.69, 9.17) is 11.6 Å². The summed E-state index contributed by atoms with van der Waals surface area (Å²) in [5, 5.41) is 1.18. The topological polar surface area (TPSA) is 59.1 Å². The number of sulfonamides is 1. The molecule has 0 aliphatic rings. The number of aromatic nitrogens is 1. The average molecular weight is 305 g/mol. The van der Waals surface area contributed by atoms with Crippen molar-refractivity contribution in [3.8, 4) is 0 Å². The van der Waals surface area contributed by atoms with Crippen LogP contribution in [0.1, 0.15) is 20.8 Å². The number of nitrogens with one attached hydrogen (secondary N) is 1. The number of halogens is 1. The second-order valence-corrected chi connectivity index (χ2v) is 7.83. The molecule has 7 heteroatoms. The molecule has 4 nitrogen and oxygen atoms in total. The van der Waals surface area contributed by atoms with Gasteiger partial charge in [-0.05, 0) is 50.5 Å². The fraction of sp³-hybridized carbons (Fsp3) is 0.364. The summed E-state index contributed by atoms with van der Waals surface area (Å²) in [7, 11) is -3.51. The third-order valence-corrected chi connectivity index (χ3v) is 5.10. The average Bonchev–Trinajstić information content (AvgIpc) is 2.56. The molecule has 1 aromatic heterocycles. The second kappa shape index (κ2) is 4.45. The molecule has 2 aromatic rings. The van der Waals surface area contributed by atoms with Gasteiger partial charge in [0.1, 0.15) is 0 Å². The van der Waals surface area contributed by atoms with Crippen molar-refractivity contribution < 1.29 is 8.42 Å². The first-order valence-electron chi connectivity index (χ1n) is 5.28. The first kappa shape index (κ1) is 13.7. The fourth-order valence-electron chi connectivity index (χ4n) is 1.52. The lowest BCUT2D eigenvalue weighted by atomic mass is 10.1. The van der Waals surface area contributed by atoms with Crippen LogP contribution in [0.15, 0.2) is 23.1 Å². The highest BCUT2D eigenvalue weighted by molar-refractivity contribution is 7.89. The lowest BCUT2D eigenvalue weighted by Gasteiger charge is -2.20. The van der Waals surface area contributed by atoms with Crippen LogP contribution in [0.25, 0.3) is 10.1 Å². The Labute approximate surface area is 115 Å². The van der Waals surface area contributed by atoms with Crippen LogP contribution in [0.3, 0.4) is 0 Å². The summed E-state index contributed by atoms with van der Waals surface area (Å²) in [4.78, 5) is 0.227. The Morgan fingerprint density at radius 3 is 2.61 bits per heavy atom. The van der Waals surface area contributed by atoms with Crippen LogP contribution >= 0.6 is 23.1 Å². The number of hydrogen-bond acceptors (Lipinski definition) is 4. The summed E-state index contributed by atoms with van der Waals surface area (Å²) >= 11 is 7.07. The second-order valence-electron chi connectivity index (χ2n) is 4.99. The minimum Gasteiger partial charge on any atom is -0.207 e. The fourth-order valence-corrected chi connectivity index (χ4v) is 4.08. The van der Waals surface area contributed by atoms with Crippen molar-refractivity contribution in [1.29, 1.82) is 0 Å². The Bertz CT molecular complexity index is 687. The van der Waals surface area contributed by atoms with Crippen LogP contribution in [0, 0.1) is 0 Å². The molecule has 1 N–H and O–H groups in total. The molecular weight excluding hydrogens is 292 g/mol. The number of hydrogen-bond donors (Lipinski definition) is 1. The van der Waals surface area contributed by atoms with Crippen molar-refractivity contribution in [2.75, 3.05) is 0 Å². The Hall–Kier alpha value is -0.690. The van der Waals surface area contributed by atoms with E-state index >= 15 is 0 Å². The predicted molar refractivity (Wildman–Crippen MR) is 74.7 cm³/mol. The maximum Gasteiger partial charge on any atom is 0.241 e. The molecule has 2 rings (SSSR count). The van der Waals surface area contributed by atoms with Gasteiger partial charge in [0.05, 0.1) is 9.60 Å². The molecular formula is C11H13ClN2O2S2. The van der Waals surface area contributed by atoms with Gasteiger partial charge in [0.15, 0.2) is 5.15 Å². The summed E-state index contributed by atoms with van der Waals surface area (Å²) in [6.07, 6.45) is 0. The van der Waals surface area contributed by atoms with E-state index in [2.05, 4.69) is 9.10 Å². The van der Waals surface area contributed by atoms with Gasteiger partial charge in [-0.3, -0.25) is 0 Å². The molecule has 0 saturated heterocycles. The maximum absolute atomic E-state index is 12.1. The van der Waals surface area contributed by atoms with Gasteiger partial charge in [0, 0.05) is 10.9 Å². The molecule has 1 aromatic carbocycles. The van der Waals surface area contributed by atoms with Crippen molar-refractivity contribution in [2.45, 2.75) is 31.2 Å². The van der Waals surface area contributed by atoms with Crippen LogP contribution < -0.4 is 4.72 Å². The quantitative estimate of drug-likeness (QED) is 0.927. The Morgan fingerprint density at radius 2 is 2.00 bits per heavy atom. The third-order valence-electron chi connectivity index (χ3n) is 2.15. The first-order chi connectivity index (χ1) is 8.19. The van der Waals surface area contributed by atoms with E-state index in [1.807, 2.05) is 0 Å². The summed E-state index contributed by atoms with van der Waals surface area (Å²) in [5.74, 6) is 0. The molecule has 0 bridgehead atoms. The summed E-state index contributed by atoms with van der Waals surface area (Å²) in [5.41, 5.74) is -0.515. The monoisotopic (exact) mass is 304 g/mol. The molecule has 0 spiro atoms. The number of rotatable bonds is 2. The molecule has 0 aliphatic heterocycles. The zero-order valence-electron chi connectivity index (χ0n) is 10.2. The highest BCUT2D eigenvalue weighted by atomic mass is 35.5. The minimum absolute atomic E-state index is 0.227. The molecule has 0 fully saturated rings. The van der Waals surface area contributed by atoms with E-state index in [-0.39, 0.29) is 4.90 Å². The van der Waals surface area contributed by atoms with E-state index < -0.39 is 15.6 Å². The van der Waals surface area contributed by atoms with Crippen LogP contribution in [0.5, 0.6) is 0 Å². The molecule has 18 heavy (non-hydrogen) atoms. The van der Waals surface area contributed by atoms with Crippen molar-refractivity contribution in [2.24, 2.45) is 0 Å². The SMILES string of the molecule is CC(C)(C)NS(=O)(=O)c1ccc2c(Cl)nsc2c1. The number of benzene rings is 1. The smallest absolute Gasteiger partial charge is 0.207 e. The van der Waals surface area contributed by atoms with Crippen LogP contribution in [-0.4, -0.2) is 18.3 Å². The van der Waals surface area contributed by atoms with Gasteiger partial charge in [-0.1, -0.05) is 11.6 Å². The van der Waals surface area contributed by atoms with E-state index in [1.165, 1.54) is 17.6 Å². The molecule has 0 radical (unpaired) electrons. The van der Waals surface area contributed by atoms with E-state index in [0.717, 1.165) is 10.1 Å². The lowest BCUT2D eigenvalue weighted by Crippen LogP contribution is -2.40. The van der Waals surface area contributed by atoms with Crippen molar-refractivity contribution in [1.82, 2.24) is 9.10 Å². The first-order valence-corrected chi connectivity index (χ1v) is 7.91. The molecule has 0 saturated carbocycles. The highest BCUT2D eigenvalue weighted by Gasteiger charge is 2.22. The zero-order valence-corrected chi connectivity index (χ0v) is 12.6. The van der Waals surface area contributed by atoms with Gasteiger partial charge in [0.2, 0.25) is 10.0 Å². The van der Waals surface area contributed by atoms with E-state index in [0.29, 0.717) is 5.15 Å². The zero-order chi connectivity index (χ0) is 13.6. The van der Waals surface area contributed by atoms with Crippen molar-refractivity contribution in [3.63, 3.8) is 0 Å². The predicted octanol–water partition coefficient (Wildman–Crippen LogP) is 3.03. The van der Waals surface area contributed by atoms with Crippen LogP contribution in [-0.2, 0) is 10.0 Å². The molecule has 0 aliphatic carbocycles. The van der Waals surface area contributed by atoms with E-state index in [9.17, 15) is 8.42 Å². The Balaban J connectivity index is 2.48. The largest absolute Gasteiger partial charge is 0.241 e. The molecule has 0 unspecified atom stereocenters. The number of fused-ring (bicyclic) bond motifs is 1. The standard InChI is InChI=1S/C11H13ClN2O2S2/c1-11(2,3)14-18(15,16)7-4-5-8-9(6-7)17-13-10(8)12/h4-6,14H,1-3H3. The Kier molecular flexibility index (Phi) is 3.40. The third kappa shape index (κ3) is 2.83. The minimum atomic E-state index is -3.51. The van der Waals surface area contributed by atoms with Gasteiger partial charge >= 0.3 is 0 Å². The number of nitrogens with zero attached hydrogens (tertiary/aromatic N) is 1. The Morgan fingerprint density at radius 1 is 1.33 bits per heavy atom. The van der Waals surface area contributed by atoms with Gasteiger partial charge in [-0.25, -0.2) is 13.1 Å². The molecule has 1 heterocycles. The summed E-state index contributed by atoms with van der Waals surface area (Å²) in [6.45, 7) is 5.39. The summed E-state index contributed by atoms with van der Waals surface area (Å²) < 4.78 is 31.6. The molecule has 0 atom stereocenters. The maximum atomic E-state index is 12.1. The van der Waals surface area contributed by atoms with Crippen LogP contribution in [0.2, 0.25) is 5.15 Å². The lowest BCUT2D eigenvalue weighted by molar-refractivity contribution is 0.491. The van der Waals surface area contributed by atoms with Crippen molar-refractivity contribution in [3.05, 3.63) is 23.4 Å². The highest BCUT2D eigenvalue weighted by Crippen LogP contribution is 2.28. The van der Waals surface area contributed by atoms with Gasteiger partial charge in [-0.2, -0.15) is 4.37 Å². The van der Waals surface area contributed by atoms with Crippen molar-refractivity contribution >= 4 is 43.2 Å². The summed E-state index contributed by atoms with van der Waals surface area (Å²) in [6, 6.07) is 4.81. The van der Waals surface area contributed by atoms with Gasteiger partial charge < -0.3 is 0 Å². The normalized spacial score (nSPS) is 13.1. The molecule has 98 valence electrons. The van der Waals surface area contributed by atoms with Gasteiger partial charge in [-0.15, -0.1) is 0 Å². The van der Waals surface area contributed by atoms with Crippen LogP contribution in [0.4, 0.5) is 0 Å². The van der Waals surface area contributed by atoms with E-state index in [1.54, 1.807) is 32.9 Å².